The fraction of sp³-hybridized carbons (Fsp3) is 0.154. The standard InChI is InChI=1S/C13H12ClNOS/c1-15(2)13(16)10-5-3-9(4-6-10)11-7-8-12(14)17-11/h3-8H,1-2H3. The highest BCUT2D eigenvalue weighted by molar-refractivity contribution is 7.19. The second-order valence-electron chi connectivity index (χ2n) is 3.88. The van der Waals surface area contributed by atoms with Gasteiger partial charge in [0.15, 0.2) is 0 Å². The van der Waals surface area contributed by atoms with E-state index in [4.69, 9.17) is 11.6 Å². The molecule has 0 atom stereocenters. The lowest BCUT2D eigenvalue weighted by molar-refractivity contribution is 0.0827. The lowest BCUT2D eigenvalue weighted by atomic mass is 10.1. The molecule has 0 aliphatic carbocycles. The van der Waals surface area contributed by atoms with Gasteiger partial charge in [-0.15, -0.1) is 11.3 Å². The van der Waals surface area contributed by atoms with Crippen LogP contribution >= 0.6 is 22.9 Å². The van der Waals surface area contributed by atoms with Crippen molar-refractivity contribution >= 4 is 28.8 Å². The Bertz CT molecular complexity index is 531. The van der Waals surface area contributed by atoms with Crippen LogP contribution in [0.5, 0.6) is 0 Å². The van der Waals surface area contributed by atoms with Gasteiger partial charge in [-0.1, -0.05) is 23.7 Å². The van der Waals surface area contributed by atoms with Gasteiger partial charge in [-0.05, 0) is 29.8 Å². The van der Waals surface area contributed by atoms with Crippen LogP contribution in [0.25, 0.3) is 10.4 Å². The van der Waals surface area contributed by atoms with Crippen LogP contribution in [0.2, 0.25) is 4.34 Å². The largest absolute Gasteiger partial charge is 0.345 e. The summed E-state index contributed by atoms with van der Waals surface area (Å²) in [5, 5.41) is 0. The summed E-state index contributed by atoms with van der Waals surface area (Å²) in [5.74, 6) is 0.0146. The van der Waals surface area contributed by atoms with Crippen LogP contribution in [0, 0.1) is 0 Å². The van der Waals surface area contributed by atoms with Crippen molar-refractivity contribution in [2.75, 3.05) is 14.1 Å². The Labute approximate surface area is 109 Å². The Hall–Kier alpha value is -1.32. The van der Waals surface area contributed by atoms with E-state index in [0.29, 0.717) is 5.56 Å². The van der Waals surface area contributed by atoms with Crippen LogP contribution in [-0.4, -0.2) is 24.9 Å². The number of carbonyl (C=O) groups is 1. The van der Waals surface area contributed by atoms with E-state index in [9.17, 15) is 4.79 Å². The summed E-state index contributed by atoms with van der Waals surface area (Å²) in [6, 6.07) is 11.4. The van der Waals surface area contributed by atoms with Gasteiger partial charge in [0.2, 0.25) is 0 Å². The molecule has 2 aromatic rings. The third-order valence-electron chi connectivity index (χ3n) is 2.40. The summed E-state index contributed by atoms with van der Waals surface area (Å²) >= 11 is 7.42. The second kappa shape index (κ2) is 4.90. The highest BCUT2D eigenvalue weighted by Crippen LogP contribution is 2.30. The predicted octanol–water partition coefficient (Wildman–Crippen LogP) is 3.77. The number of hydrogen-bond acceptors (Lipinski definition) is 2. The third-order valence-corrected chi connectivity index (χ3v) is 3.68. The molecule has 0 saturated carbocycles. The molecule has 0 unspecified atom stereocenters. The Morgan fingerprint density at radius 2 is 1.76 bits per heavy atom. The van der Waals surface area contributed by atoms with Crippen molar-refractivity contribution in [2.45, 2.75) is 0 Å². The molecule has 17 heavy (non-hydrogen) atoms. The number of thiophene rings is 1. The fourth-order valence-corrected chi connectivity index (χ4v) is 2.55. The number of rotatable bonds is 2. The van der Waals surface area contributed by atoms with Crippen molar-refractivity contribution in [1.29, 1.82) is 0 Å². The third kappa shape index (κ3) is 2.68. The van der Waals surface area contributed by atoms with E-state index in [-0.39, 0.29) is 5.91 Å². The molecule has 4 heteroatoms. The van der Waals surface area contributed by atoms with Crippen LogP contribution in [0.15, 0.2) is 36.4 Å². The summed E-state index contributed by atoms with van der Waals surface area (Å²) in [6.45, 7) is 0. The van der Waals surface area contributed by atoms with Gasteiger partial charge in [-0.3, -0.25) is 4.79 Å². The minimum absolute atomic E-state index is 0.0146. The van der Waals surface area contributed by atoms with Crippen LogP contribution < -0.4 is 0 Å². The molecule has 0 radical (unpaired) electrons. The monoisotopic (exact) mass is 265 g/mol. The van der Waals surface area contributed by atoms with Crippen molar-refractivity contribution in [1.82, 2.24) is 4.90 Å². The predicted molar refractivity (Wildman–Crippen MR) is 72.8 cm³/mol. The van der Waals surface area contributed by atoms with Gasteiger partial charge in [0.05, 0.1) is 4.34 Å². The van der Waals surface area contributed by atoms with Gasteiger partial charge >= 0.3 is 0 Å². The number of halogens is 1. The average Bonchev–Trinajstić information content (AvgIpc) is 2.75. The van der Waals surface area contributed by atoms with Crippen molar-refractivity contribution in [2.24, 2.45) is 0 Å². The van der Waals surface area contributed by atoms with Crippen molar-refractivity contribution in [3.8, 4) is 10.4 Å². The average molecular weight is 266 g/mol. The zero-order valence-electron chi connectivity index (χ0n) is 9.61. The van der Waals surface area contributed by atoms with E-state index in [1.165, 1.54) is 11.3 Å². The van der Waals surface area contributed by atoms with Gasteiger partial charge in [-0.2, -0.15) is 0 Å². The smallest absolute Gasteiger partial charge is 0.253 e. The van der Waals surface area contributed by atoms with E-state index in [1.54, 1.807) is 19.0 Å². The molecule has 1 aromatic heterocycles. The maximum absolute atomic E-state index is 11.7. The molecule has 2 nitrogen and oxygen atoms in total. The van der Waals surface area contributed by atoms with E-state index in [1.807, 2.05) is 36.4 Å². The Morgan fingerprint density at radius 3 is 2.24 bits per heavy atom. The summed E-state index contributed by atoms with van der Waals surface area (Å²) in [6.07, 6.45) is 0. The number of benzene rings is 1. The molecule has 0 N–H and O–H groups in total. The minimum atomic E-state index is 0.0146. The Balaban J connectivity index is 2.27. The normalized spacial score (nSPS) is 10.3. The molecule has 1 aromatic carbocycles. The summed E-state index contributed by atoms with van der Waals surface area (Å²) in [4.78, 5) is 14.4. The number of hydrogen-bond donors (Lipinski definition) is 0. The molecule has 0 aliphatic heterocycles. The van der Waals surface area contributed by atoms with Crippen LogP contribution in [-0.2, 0) is 0 Å². The number of amides is 1. The van der Waals surface area contributed by atoms with Crippen molar-refractivity contribution < 1.29 is 4.79 Å². The van der Waals surface area contributed by atoms with Crippen molar-refractivity contribution in [3.63, 3.8) is 0 Å². The molecular weight excluding hydrogens is 254 g/mol. The number of nitrogens with zero attached hydrogens (tertiary/aromatic N) is 1. The molecule has 88 valence electrons. The fourth-order valence-electron chi connectivity index (χ4n) is 1.50. The second-order valence-corrected chi connectivity index (χ2v) is 5.60. The van der Waals surface area contributed by atoms with Crippen LogP contribution in [0.1, 0.15) is 10.4 Å². The quantitative estimate of drug-likeness (QED) is 0.809. The van der Waals surface area contributed by atoms with Gasteiger partial charge < -0.3 is 4.90 Å². The van der Waals surface area contributed by atoms with Gasteiger partial charge in [0.1, 0.15) is 0 Å². The zero-order chi connectivity index (χ0) is 12.4. The SMILES string of the molecule is CN(C)C(=O)c1ccc(-c2ccc(Cl)s2)cc1. The van der Waals surface area contributed by atoms with Gasteiger partial charge in [0, 0.05) is 24.5 Å². The first-order valence-electron chi connectivity index (χ1n) is 5.15. The zero-order valence-corrected chi connectivity index (χ0v) is 11.2. The Morgan fingerprint density at radius 1 is 1.12 bits per heavy atom. The molecular formula is C13H12ClNOS. The summed E-state index contributed by atoms with van der Waals surface area (Å²) in [5.41, 5.74) is 1.78. The first kappa shape index (κ1) is 12.1. The summed E-state index contributed by atoms with van der Waals surface area (Å²) in [7, 11) is 3.49. The minimum Gasteiger partial charge on any atom is -0.345 e. The first-order chi connectivity index (χ1) is 8.08. The number of carbonyl (C=O) groups excluding carboxylic acids is 1. The van der Waals surface area contributed by atoms with Crippen LogP contribution in [0.3, 0.4) is 0 Å². The lowest BCUT2D eigenvalue weighted by Gasteiger charge is -2.10. The first-order valence-corrected chi connectivity index (χ1v) is 6.35. The van der Waals surface area contributed by atoms with E-state index in [0.717, 1.165) is 14.8 Å². The summed E-state index contributed by atoms with van der Waals surface area (Å²) < 4.78 is 0.772. The highest BCUT2D eigenvalue weighted by atomic mass is 35.5. The van der Waals surface area contributed by atoms with Gasteiger partial charge in [-0.25, -0.2) is 0 Å². The van der Waals surface area contributed by atoms with Crippen molar-refractivity contribution in [3.05, 3.63) is 46.3 Å². The molecule has 0 fully saturated rings. The highest BCUT2D eigenvalue weighted by Gasteiger charge is 2.08. The maximum Gasteiger partial charge on any atom is 0.253 e. The topological polar surface area (TPSA) is 20.3 Å². The molecule has 0 aliphatic rings. The van der Waals surface area contributed by atoms with E-state index in [2.05, 4.69) is 0 Å². The van der Waals surface area contributed by atoms with E-state index >= 15 is 0 Å². The molecule has 0 saturated heterocycles. The van der Waals surface area contributed by atoms with E-state index < -0.39 is 0 Å². The Kier molecular flexibility index (Phi) is 3.50. The lowest BCUT2D eigenvalue weighted by Crippen LogP contribution is -2.21. The molecule has 0 spiro atoms. The van der Waals surface area contributed by atoms with Crippen LogP contribution in [0.4, 0.5) is 0 Å². The molecule has 2 rings (SSSR count). The molecule has 1 amide bonds. The molecule has 1 heterocycles. The van der Waals surface area contributed by atoms with Gasteiger partial charge in [0.25, 0.3) is 5.91 Å². The molecule has 0 bridgehead atoms. The maximum atomic E-state index is 11.7.